The lowest BCUT2D eigenvalue weighted by Gasteiger charge is -2.07. The van der Waals surface area contributed by atoms with Gasteiger partial charge in [0.2, 0.25) is 0 Å². The summed E-state index contributed by atoms with van der Waals surface area (Å²) in [6.07, 6.45) is 0. The van der Waals surface area contributed by atoms with Gasteiger partial charge in [0.05, 0.1) is 16.1 Å². The Labute approximate surface area is 116 Å². The van der Waals surface area contributed by atoms with E-state index in [0.717, 1.165) is 39.7 Å². The van der Waals surface area contributed by atoms with Gasteiger partial charge >= 0.3 is 0 Å². The highest BCUT2D eigenvalue weighted by Gasteiger charge is 2.13. The van der Waals surface area contributed by atoms with Gasteiger partial charge in [-0.15, -0.1) is 0 Å². The molecule has 0 fully saturated rings. The molecule has 1 aromatic heterocycles. The van der Waals surface area contributed by atoms with Gasteiger partial charge in [-0.2, -0.15) is 0 Å². The highest BCUT2D eigenvalue weighted by molar-refractivity contribution is 6.35. The molecule has 0 aliphatic rings. The molecule has 3 aromatic rings. The van der Waals surface area contributed by atoms with E-state index in [2.05, 4.69) is 16.5 Å². The molecule has 0 radical (unpaired) electrons. The normalized spacial score (nSPS) is 11.1. The predicted octanol–water partition coefficient (Wildman–Crippen LogP) is 3.96. The number of hydrogen-bond acceptors (Lipinski definition) is 2. The van der Waals surface area contributed by atoms with Crippen molar-refractivity contribution < 1.29 is 0 Å². The van der Waals surface area contributed by atoms with Crippen LogP contribution in [0, 0.1) is 0 Å². The number of aromatic nitrogens is 2. The molecule has 2 aromatic carbocycles. The van der Waals surface area contributed by atoms with Crippen LogP contribution in [0.25, 0.3) is 22.4 Å². The summed E-state index contributed by atoms with van der Waals surface area (Å²) >= 11 is 6.29. The smallest absolute Gasteiger partial charge is 0.141 e. The molecular formula is C15H14ClN3. The van der Waals surface area contributed by atoms with E-state index in [4.69, 9.17) is 17.3 Å². The molecular weight excluding hydrogens is 258 g/mol. The zero-order chi connectivity index (χ0) is 13.4. The van der Waals surface area contributed by atoms with Crippen molar-refractivity contribution in [3.63, 3.8) is 0 Å². The fourth-order valence-electron chi connectivity index (χ4n) is 2.30. The molecule has 2 N–H and O–H groups in total. The van der Waals surface area contributed by atoms with Crippen molar-refractivity contribution in [1.29, 1.82) is 0 Å². The van der Waals surface area contributed by atoms with E-state index in [1.165, 1.54) is 0 Å². The monoisotopic (exact) mass is 271 g/mol. The van der Waals surface area contributed by atoms with Gasteiger partial charge in [0.1, 0.15) is 5.82 Å². The van der Waals surface area contributed by atoms with Crippen LogP contribution in [0.5, 0.6) is 0 Å². The van der Waals surface area contributed by atoms with E-state index in [1.807, 2.05) is 42.5 Å². The van der Waals surface area contributed by atoms with Crippen molar-refractivity contribution in [2.45, 2.75) is 13.5 Å². The number of imidazole rings is 1. The van der Waals surface area contributed by atoms with Gasteiger partial charge in [-0.25, -0.2) is 4.98 Å². The first-order valence-corrected chi connectivity index (χ1v) is 6.59. The fraction of sp³-hybridized carbons (Fsp3) is 0.133. The summed E-state index contributed by atoms with van der Waals surface area (Å²) in [5, 5.41) is 0.730. The number of hydrogen-bond donors (Lipinski definition) is 1. The molecule has 19 heavy (non-hydrogen) atoms. The molecule has 0 unspecified atom stereocenters. The number of nitrogens with zero attached hydrogens (tertiary/aromatic N) is 2. The first-order valence-electron chi connectivity index (χ1n) is 6.21. The van der Waals surface area contributed by atoms with Crippen LogP contribution >= 0.6 is 11.6 Å². The minimum atomic E-state index is 0.730. The Morgan fingerprint density at radius 2 is 1.89 bits per heavy atom. The second-order valence-electron chi connectivity index (χ2n) is 4.41. The van der Waals surface area contributed by atoms with Crippen molar-refractivity contribution >= 4 is 28.3 Å². The molecule has 0 spiro atoms. The Balaban J connectivity index is 2.29. The van der Waals surface area contributed by atoms with E-state index in [0.29, 0.717) is 0 Å². The molecule has 3 nitrogen and oxygen atoms in total. The molecule has 96 valence electrons. The molecule has 0 saturated carbocycles. The van der Waals surface area contributed by atoms with Crippen LogP contribution in [0.2, 0.25) is 5.02 Å². The lowest BCUT2D eigenvalue weighted by atomic mass is 10.2. The van der Waals surface area contributed by atoms with Crippen molar-refractivity contribution in [3.8, 4) is 11.4 Å². The number of anilines is 1. The Kier molecular flexibility index (Phi) is 2.91. The average molecular weight is 272 g/mol. The maximum absolute atomic E-state index is 6.29. The van der Waals surface area contributed by atoms with Crippen molar-refractivity contribution in [2.24, 2.45) is 0 Å². The average Bonchev–Trinajstić information content (AvgIpc) is 2.79. The summed E-state index contributed by atoms with van der Waals surface area (Å²) in [7, 11) is 0. The van der Waals surface area contributed by atoms with Crippen LogP contribution < -0.4 is 5.73 Å². The lowest BCUT2D eigenvalue weighted by molar-refractivity contribution is 0.796. The quantitative estimate of drug-likeness (QED) is 0.717. The van der Waals surface area contributed by atoms with E-state index in [-0.39, 0.29) is 0 Å². The Morgan fingerprint density at radius 3 is 2.58 bits per heavy atom. The topological polar surface area (TPSA) is 43.8 Å². The molecule has 4 heteroatoms. The van der Waals surface area contributed by atoms with Crippen LogP contribution in [-0.2, 0) is 6.54 Å². The number of para-hydroxylation sites is 1. The maximum Gasteiger partial charge on any atom is 0.141 e. The van der Waals surface area contributed by atoms with Gasteiger partial charge in [-0.1, -0.05) is 17.7 Å². The molecule has 0 saturated heterocycles. The van der Waals surface area contributed by atoms with Gasteiger partial charge in [-0.3, -0.25) is 0 Å². The molecule has 0 aliphatic heterocycles. The number of halogens is 1. The zero-order valence-electron chi connectivity index (χ0n) is 10.6. The summed E-state index contributed by atoms with van der Waals surface area (Å²) in [4.78, 5) is 4.68. The van der Waals surface area contributed by atoms with Crippen molar-refractivity contribution in [3.05, 3.63) is 47.5 Å². The molecule has 1 heterocycles. The number of fused-ring (bicyclic) bond motifs is 1. The molecule has 3 rings (SSSR count). The fourth-order valence-corrected chi connectivity index (χ4v) is 2.57. The van der Waals surface area contributed by atoms with Gasteiger partial charge in [0.15, 0.2) is 0 Å². The number of nitrogens with two attached hydrogens (primary N) is 1. The van der Waals surface area contributed by atoms with Crippen LogP contribution in [0.4, 0.5) is 5.69 Å². The highest BCUT2D eigenvalue weighted by Crippen LogP contribution is 2.29. The standard InChI is InChI=1S/C15H14ClN3/c1-2-19-14-12(16)4-3-5-13(14)18-15(19)10-6-8-11(17)9-7-10/h3-9H,2,17H2,1H3. The van der Waals surface area contributed by atoms with E-state index < -0.39 is 0 Å². The van der Waals surface area contributed by atoms with Crippen LogP contribution in [0.15, 0.2) is 42.5 Å². The third kappa shape index (κ3) is 1.96. The molecule has 0 bridgehead atoms. The second kappa shape index (κ2) is 4.59. The summed E-state index contributed by atoms with van der Waals surface area (Å²) in [5.41, 5.74) is 9.42. The van der Waals surface area contributed by atoms with Crippen molar-refractivity contribution in [1.82, 2.24) is 9.55 Å². The van der Waals surface area contributed by atoms with Gasteiger partial charge < -0.3 is 10.3 Å². The molecule has 0 atom stereocenters. The summed E-state index contributed by atoms with van der Waals surface area (Å²) in [6, 6.07) is 13.5. The number of rotatable bonds is 2. The van der Waals surface area contributed by atoms with Crippen LogP contribution in [0.3, 0.4) is 0 Å². The number of aryl methyl sites for hydroxylation is 1. The van der Waals surface area contributed by atoms with Crippen molar-refractivity contribution in [2.75, 3.05) is 5.73 Å². The minimum absolute atomic E-state index is 0.730. The zero-order valence-corrected chi connectivity index (χ0v) is 11.4. The largest absolute Gasteiger partial charge is 0.399 e. The van der Waals surface area contributed by atoms with Gasteiger partial charge in [-0.05, 0) is 43.3 Å². The lowest BCUT2D eigenvalue weighted by Crippen LogP contribution is -1.98. The maximum atomic E-state index is 6.29. The first kappa shape index (κ1) is 12.1. The second-order valence-corrected chi connectivity index (χ2v) is 4.82. The Hall–Kier alpha value is -2.00. The Morgan fingerprint density at radius 1 is 1.16 bits per heavy atom. The number of nitrogen functional groups attached to an aromatic ring is 1. The van der Waals surface area contributed by atoms with Crippen LogP contribution in [-0.4, -0.2) is 9.55 Å². The van der Waals surface area contributed by atoms with Gasteiger partial charge in [0, 0.05) is 17.8 Å². The highest BCUT2D eigenvalue weighted by atomic mass is 35.5. The van der Waals surface area contributed by atoms with E-state index in [1.54, 1.807) is 0 Å². The molecule has 0 aliphatic carbocycles. The minimum Gasteiger partial charge on any atom is -0.399 e. The summed E-state index contributed by atoms with van der Waals surface area (Å²) in [6.45, 7) is 2.91. The van der Waals surface area contributed by atoms with E-state index in [9.17, 15) is 0 Å². The molecule has 0 amide bonds. The number of benzene rings is 2. The third-order valence-electron chi connectivity index (χ3n) is 3.20. The summed E-state index contributed by atoms with van der Waals surface area (Å²) in [5.74, 6) is 0.922. The Bertz CT molecular complexity index is 729. The SMILES string of the molecule is CCn1c(-c2ccc(N)cc2)nc2cccc(Cl)c21. The predicted molar refractivity (Wildman–Crippen MR) is 80.3 cm³/mol. The van der Waals surface area contributed by atoms with Crippen LogP contribution in [0.1, 0.15) is 6.92 Å². The first-order chi connectivity index (χ1) is 9.20. The third-order valence-corrected chi connectivity index (χ3v) is 3.51. The van der Waals surface area contributed by atoms with E-state index >= 15 is 0 Å². The summed E-state index contributed by atoms with van der Waals surface area (Å²) < 4.78 is 2.13. The van der Waals surface area contributed by atoms with Gasteiger partial charge in [0.25, 0.3) is 0 Å².